The maximum Gasteiger partial charge on any atom is 0.101 e. The van der Waals surface area contributed by atoms with E-state index < -0.39 is 0 Å². The summed E-state index contributed by atoms with van der Waals surface area (Å²) in [7, 11) is 0. The Morgan fingerprint density at radius 1 is 1.00 bits per heavy atom. The predicted molar refractivity (Wildman–Crippen MR) is 92.8 cm³/mol. The second kappa shape index (κ2) is 6.95. The van der Waals surface area contributed by atoms with Gasteiger partial charge in [0, 0.05) is 37.2 Å². The smallest absolute Gasteiger partial charge is 0.101 e. The zero-order valence-electron chi connectivity index (χ0n) is 12.4. The van der Waals surface area contributed by atoms with Gasteiger partial charge in [-0.3, -0.25) is 4.90 Å². The van der Waals surface area contributed by atoms with Gasteiger partial charge in [-0.15, -0.1) is 0 Å². The molecule has 1 aliphatic heterocycles. The summed E-state index contributed by atoms with van der Waals surface area (Å²) >= 11 is 3.50. The number of halogens is 1. The number of hydrogen-bond donors (Lipinski definition) is 0. The number of rotatable bonds is 3. The van der Waals surface area contributed by atoms with E-state index in [2.05, 4.69) is 62.1 Å². The summed E-state index contributed by atoms with van der Waals surface area (Å²) in [6.07, 6.45) is 0. The van der Waals surface area contributed by atoms with Crippen molar-refractivity contribution in [2.45, 2.75) is 6.54 Å². The van der Waals surface area contributed by atoms with Gasteiger partial charge >= 0.3 is 0 Å². The summed E-state index contributed by atoms with van der Waals surface area (Å²) in [5.41, 5.74) is 3.15. The molecule has 0 N–H and O–H groups in total. The quantitative estimate of drug-likeness (QED) is 0.841. The van der Waals surface area contributed by atoms with Crippen molar-refractivity contribution >= 4 is 21.6 Å². The molecule has 0 bridgehead atoms. The standard InChI is InChI=1S/C18H18BrN3/c19-17-7-6-16(13-20)18(12-17)22-10-8-21(9-11-22)14-15-4-2-1-3-5-15/h1-7,12H,8-11,14H2. The first-order valence-electron chi connectivity index (χ1n) is 7.47. The van der Waals surface area contributed by atoms with Crippen LogP contribution in [0.15, 0.2) is 53.0 Å². The summed E-state index contributed by atoms with van der Waals surface area (Å²) < 4.78 is 1.02. The molecule has 4 heteroatoms. The van der Waals surface area contributed by atoms with Crippen LogP contribution in [0.5, 0.6) is 0 Å². The Labute approximate surface area is 139 Å². The van der Waals surface area contributed by atoms with Gasteiger partial charge in [0.25, 0.3) is 0 Å². The topological polar surface area (TPSA) is 30.3 Å². The minimum absolute atomic E-state index is 0.750. The van der Waals surface area contributed by atoms with Crippen molar-refractivity contribution in [1.29, 1.82) is 5.26 Å². The first-order valence-corrected chi connectivity index (χ1v) is 8.26. The fourth-order valence-electron chi connectivity index (χ4n) is 2.85. The highest BCUT2D eigenvalue weighted by Gasteiger charge is 2.19. The van der Waals surface area contributed by atoms with Crippen LogP contribution in [-0.4, -0.2) is 31.1 Å². The first kappa shape index (κ1) is 15.1. The Balaban J connectivity index is 1.65. The Morgan fingerprint density at radius 2 is 1.73 bits per heavy atom. The third-order valence-electron chi connectivity index (χ3n) is 4.04. The minimum atomic E-state index is 0.750. The molecule has 0 radical (unpaired) electrons. The highest BCUT2D eigenvalue weighted by Crippen LogP contribution is 2.26. The number of nitriles is 1. The van der Waals surface area contributed by atoms with Gasteiger partial charge in [0.2, 0.25) is 0 Å². The number of hydrogen-bond acceptors (Lipinski definition) is 3. The van der Waals surface area contributed by atoms with Crippen LogP contribution in [0.1, 0.15) is 11.1 Å². The van der Waals surface area contributed by atoms with E-state index in [9.17, 15) is 5.26 Å². The van der Waals surface area contributed by atoms with E-state index in [4.69, 9.17) is 0 Å². The van der Waals surface area contributed by atoms with Gasteiger partial charge in [-0.05, 0) is 23.8 Å². The molecule has 0 saturated carbocycles. The summed E-state index contributed by atoms with van der Waals surface area (Å²) in [5, 5.41) is 9.28. The van der Waals surface area contributed by atoms with Gasteiger partial charge in [-0.2, -0.15) is 5.26 Å². The maximum atomic E-state index is 9.28. The zero-order chi connectivity index (χ0) is 15.4. The Hall–Kier alpha value is -1.83. The van der Waals surface area contributed by atoms with Gasteiger partial charge < -0.3 is 4.90 Å². The fourth-order valence-corrected chi connectivity index (χ4v) is 3.20. The van der Waals surface area contributed by atoms with Crippen LogP contribution in [0.3, 0.4) is 0 Å². The molecular weight excluding hydrogens is 338 g/mol. The molecule has 1 fully saturated rings. The summed E-state index contributed by atoms with van der Waals surface area (Å²) in [6.45, 7) is 4.95. The molecule has 0 atom stereocenters. The van der Waals surface area contributed by atoms with Gasteiger partial charge in [0.1, 0.15) is 6.07 Å². The molecule has 22 heavy (non-hydrogen) atoms. The van der Waals surface area contributed by atoms with Crippen molar-refractivity contribution in [3.05, 3.63) is 64.1 Å². The molecule has 0 unspecified atom stereocenters. The van der Waals surface area contributed by atoms with Crippen LogP contribution >= 0.6 is 15.9 Å². The van der Waals surface area contributed by atoms with Crippen LogP contribution in [-0.2, 0) is 6.54 Å². The monoisotopic (exact) mass is 355 g/mol. The predicted octanol–water partition coefficient (Wildman–Crippen LogP) is 3.64. The lowest BCUT2D eigenvalue weighted by Gasteiger charge is -2.36. The molecule has 2 aromatic rings. The maximum absolute atomic E-state index is 9.28. The number of nitrogens with zero attached hydrogens (tertiary/aromatic N) is 3. The van der Waals surface area contributed by atoms with Crippen LogP contribution < -0.4 is 4.90 Å². The van der Waals surface area contributed by atoms with Crippen LogP contribution in [0.4, 0.5) is 5.69 Å². The van der Waals surface area contributed by atoms with E-state index in [1.54, 1.807) is 0 Å². The van der Waals surface area contributed by atoms with Crippen molar-refractivity contribution in [1.82, 2.24) is 4.90 Å². The molecule has 0 aliphatic carbocycles. The molecular formula is C18H18BrN3. The number of piperazine rings is 1. The lowest BCUT2D eigenvalue weighted by atomic mass is 10.1. The molecule has 2 aromatic carbocycles. The highest BCUT2D eigenvalue weighted by molar-refractivity contribution is 9.10. The van der Waals surface area contributed by atoms with Crippen molar-refractivity contribution in [2.75, 3.05) is 31.1 Å². The van der Waals surface area contributed by atoms with E-state index in [0.29, 0.717) is 0 Å². The molecule has 3 rings (SSSR count). The molecule has 0 aromatic heterocycles. The molecule has 0 spiro atoms. The van der Waals surface area contributed by atoms with Gasteiger partial charge in [-0.25, -0.2) is 0 Å². The summed E-state index contributed by atoms with van der Waals surface area (Å²) in [4.78, 5) is 4.78. The lowest BCUT2D eigenvalue weighted by Crippen LogP contribution is -2.46. The zero-order valence-corrected chi connectivity index (χ0v) is 14.0. The Morgan fingerprint density at radius 3 is 2.41 bits per heavy atom. The summed E-state index contributed by atoms with van der Waals surface area (Å²) in [6, 6.07) is 18.7. The van der Waals surface area contributed by atoms with E-state index in [-0.39, 0.29) is 0 Å². The summed E-state index contributed by atoms with van der Waals surface area (Å²) in [5.74, 6) is 0. The van der Waals surface area contributed by atoms with Crippen molar-refractivity contribution in [2.24, 2.45) is 0 Å². The minimum Gasteiger partial charge on any atom is -0.368 e. The van der Waals surface area contributed by atoms with E-state index in [1.807, 2.05) is 18.2 Å². The number of anilines is 1. The molecule has 1 heterocycles. The SMILES string of the molecule is N#Cc1ccc(Br)cc1N1CCN(Cc2ccccc2)CC1. The molecule has 1 aliphatic rings. The lowest BCUT2D eigenvalue weighted by molar-refractivity contribution is 0.250. The van der Waals surface area contributed by atoms with Gasteiger partial charge in [0.05, 0.1) is 11.3 Å². The van der Waals surface area contributed by atoms with Gasteiger partial charge in [0.15, 0.2) is 0 Å². The normalized spacial score (nSPS) is 15.5. The van der Waals surface area contributed by atoms with Crippen molar-refractivity contribution in [3.8, 4) is 6.07 Å². The average molecular weight is 356 g/mol. The van der Waals surface area contributed by atoms with Crippen LogP contribution in [0.2, 0.25) is 0 Å². The van der Waals surface area contributed by atoms with E-state index >= 15 is 0 Å². The number of benzene rings is 2. The Kier molecular flexibility index (Phi) is 4.77. The van der Waals surface area contributed by atoms with Crippen molar-refractivity contribution in [3.63, 3.8) is 0 Å². The largest absolute Gasteiger partial charge is 0.368 e. The third-order valence-corrected chi connectivity index (χ3v) is 4.54. The molecule has 112 valence electrons. The second-order valence-electron chi connectivity index (χ2n) is 5.52. The Bertz CT molecular complexity index is 670. The second-order valence-corrected chi connectivity index (χ2v) is 6.44. The first-order chi connectivity index (χ1) is 10.8. The van der Waals surface area contributed by atoms with E-state index in [0.717, 1.165) is 48.4 Å². The van der Waals surface area contributed by atoms with Crippen LogP contribution in [0, 0.1) is 11.3 Å². The van der Waals surface area contributed by atoms with Crippen molar-refractivity contribution < 1.29 is 0 Å². The average Bonchev–Trinajstić information content (AvgIpc) is 2.56. The molecule has 0 amide bonds. The van der Waals surface area contributed by atoms with Crippen LogP contribution in [0.25, 0.3) is 0 Å². The fraction of sp³-hybridized carbons (Fsp3) is 0.278. The van der Waals surface area contributed by atoms with Gasteiger partial charge in [-0.1, -0.05) is 46.3 Å². The molecule has 1 saturated heterocycles. The third kappa shape index (κ3) is 3.49. The van der Waals surface area contributed by atoms with E-state index in [1.165, 1.54) is 5.56 Å². The molecule has 3 nitrogen and oxygen atoms in total. The highest BCUT2D eigenvalue weighted by atomic mass is 79.9.